The van der Waals surface area contributed by atoms with Crippen LogP contribution < -0.4 is 11.1 Å². The zero-order chi connectivity index (χ0) is 12.6. The van der Waals surface area contributed by atoms with Gasteiger partial charge in [0.2, 0.25) is 5.91 Å². The van der Waals surface area contributed by atoms with Crippen molar-refractivity contribution in [2.45, 2.75) is 33.6 Å². The standard InChI is InChI=1S/C12H26N2O2/c1-10(8-13)7-11(15)14-9-12(2,3)5-6-16-4/h10H,5-9,13H2,1-4H3,(H,14,15). The van der Waals surface area contributed by atoms with Crippen molar-refractivity contribution in [2.75, 3.05) is 26.8 Å². The maximum atomic E-state index is 11.5. The molecular formula is C12H26N2O2. The first-order chi connectivity index (χ1) is 7.41. The van der Waals surface area contributed by atoms with Crippen LogP contribution in [-0.4, -0.2) is 32.7 Å². The second-order valence-corrected chi connectivity index (χ2v) is 5.23. The highest BCUT2D eigenvalue weighted by atomic mass is 16.5. The average Bonchev–Trinajstić information content (AvgIpc) is 2.24. The number of hydrogen-bond donors (Lipinski definition) is 2. The van der Waals surface area contributed by atoms with Gasteiger partial charge in [-0.15, -0.1) is 0 Å². The molecule has 0 aliphatic heterocycles. The summed E-state index contributed by atoms with van der Waals surface area (Å²) in [5, 5.41) is 2.95. The van der Waals surface area contributed by atoms with Gasteiger partial charge >= 0.3 is 0 Å². The number of carbonyl (C=O) groups is 1. The molecule has 1 amide bonds. The lowest BCUT2D eigenvalue weighted by Crippen LogP contribution is -2.35. The first-order valence-corrected chi connectivity index (χ1v) is 5.87. The van der Waals surface area contributed by atoms with E-state index in [2.05, 4.69) is 19.2 Å². The van der Waals surface area contributed by atoms with Crippen LogP contribution in [0.4, 0.5) is 0 Å². The lowest BCUT2D eigenvalue weighted by atomic mass is 9.89. The van der Waals surface area contributed by atoms with Gasteiger partial charge in [0, 0.05) is 26.7 Å². The van der Waals surface area contributed by atoms with E-state index in [4.69, 9.17) is 10.5 Å². The molecule has 96 valence electrons. The lowest BCUT2D eigenvalue weighted by molar-refractivity contribution is -0.122. The Labute approximate surface area is 98.9 Å². The van der Waals surface area contributed by atoms with Crippen molar-refractivity contribution in [3.8, 4) is 0 Å². The molecule has 0 heterocycles. The molecule has 1 atom stereocenters. The summed E-state index contributed by atoms with van der Waals surface area (Å²) in [5.74, 6) is 0.338. The summed E-state index contributed by atoms with van der Waals surface area (Å²) in [5.41, 5.74) is 5.55. The highest BCUT2D eigenvalue weighted by Crippen LogP contribution is 2.18. The number of hydrogen-bond acceptors (Lipinski definition) is 3. The number of methoxy groups -OCH3 is 1. The summed E-state index contributed by atoms with van der Waals surface area (Å²) >= 11 is 0. The molecule has 0 saturated heterocycles. The molecule has 0 saturated carbocycles. The number of rotatable bonds is 8. The van der Waals surface area contributed by atoms with Crippen molar-refractivity contribution in [3.63, 3.8) is 0 Å². The maximum Gasteiger partial charge on any atom is 0.220 e. The Hall–Kier alpha value is -0.610. The summed E-state index contributed by atoms with van der Waals surface area (Å²) in [7, 11) is 1.69. The Morgan fingerprint density at radius 2 is 2.12 bits per heavy atom. The second-order valence-electron chi connectivity index (χ2n) is 5.23. The third kappa shape index (κ3) is 7.65. The molecule has 0 aromatic rings. The van der Waals surface area contributed by atoms with E-state index in [0.29, 0.717) is 19.5 Å². The van der Waals surface area contributed by atoms with E-state index in [9.17, 15) is 4.79 Å². The van der Waals surface area contributed by atoms with Crippen molar-refractivity contribution in [2.24, 2.45) is 17.1 Å². The second kappa shape index (κ2) is 7.63. The smallest absolute Gasteiger partial charge is 0.220 e. The number of ether oxygens (including phenoxy) is 1. The van der Waals surface area contributed by atoms with Crippen molar-refractivity contribution < 1.29 is 9.53 Å². The van der Waals surface area contributed by atoms with E-state index in [1.807, 2.05) is 6.92 Å². The van der Waals surface area contributed by atoms with Crippen LogP contribution >= 0.6 is 0 Å². The minimum Gasteiger partial charge on any atom is -0.385 e. The highest BCUT2D eigenvalue weighted by Gasteiger charge is 2.18. The van der Waals surface area contributed by atoms with Crippen LogP contribution in [-0.2, 0) is 9.53 Å². The van der Waals surface area contributed by atoms with E-state index in [1.54, 1.807) is 7.11 Å². The summed E-state index contributed by atoms with van der Waals surface area (Å²) < 4.78 is 5.04. The first kappa shape index (κ1) is 15.4. The van der Waals surface area contributed by atoms with E-state index < -0.39 is 0 Å². The predicted molar refractivity (Wildman–Crippen MR) is 66.1 cm³/mol. The Morgan fingerprint density at radius 3 is 2.62 bits per heavy atom. The number of nitrogens with one attached hydrogen (secondary N) is 1. The van der Waals surface area contributed by atoms with E-state index in [0.717, 1.165) is 13.0 Å². The average molecular weight is 230 g/mol. The third-order valence-electron chi connectivity index (χ3n) is 2.68. The monoisotopic (exact) mass is 230 g/mol. The molecule has 0 radical (unpaired) electrons. The van der Waals surface area contributed by atoms with Gasteiger partial charge in [0.25, 0.3) is 0 Å². The maximum absolute atomic E-state index is 11.5. The number of amides is 1. The van der Waals surface area contributed by atoms with Crippen LogP contribution in [0.3, 0.4) is 0 Å². The molecule has 0 aliphatic rings. The van der Waals surface area contributed by atoms with Crippen molar-refractivity contribution in [3.05, 3.63) is 0 Å². The van der Waals surface area contributed by atoms with Crippen molar-refractivity contribution in [1.82, 2.24) is 5.32 Å². The fourth-order valence-electron chi connectivity index (χ4n) is 1.28. The molecule has 0 aromatic heterocycles. The molecule has 1 unspecified atom stereocenters. The Balaban J connectivity index is 3.81. The summed E-state index contributed by atoms with van der Waals surface area (Å²) in [6.45, 7) is 8.20. The summed E-state index contributed by atoms with van der Waals surface area (Å²) in [6, 6.07) is 0. The normalized spacial score (nSPS) is 13.6. The highest BCUT2D eigenvalue weighted by molar-refractivity contribution is 5.76. The molecule has 0 rings (SSSR count). The Bertz CT molecular complexity index is 205. The van der Waals surface area contributed by atoms with Gasteiger partial charge in [0.15, 0.2) is 0 Å². The molecule has 0 fully saturated rings. The SMILES string of the molecule is COCCC(C)(C)CNC(=O)CC(C)CN. The van der Waals surface area contributed by atoms with Gasteiger partial charge in [0.05, 0.1) is 0 Å². The molecule has 3 N–H and O–H groups in total. The van der Waals surface area contributed by atoms with E-state index in [-0.39, 0.29) is 17.2 Å². The van der Waals surface area contributed by atoms with Crippen LogP contribution in [0.2, 0.25) is 0 Å². The minimum atomic E-state index is 0.0810. The van der Waals surface area contributed by atoms with Crippen molar-refractivity contribution >= 4 is 5.91 Å². The Morgan fingerprint density at radius 1 is 1.50 bits per heavy atom. The van der Waals surface area contributed by atoms with Gasteiger partial charge in [0.1, 0.15) is 0 Å². The van der Waals surface area contributed by atoms with Gasteiger partial charge < -0.3 is 15.8 Å². The van der Waals surface area contributed by atoms with Crippen LogP contribution in [0.5, 0.6) is 0 Å². The molecule has 4 heteroatoms. The summed E-state index contributed by atoms with van der Waals surface area (Å²) in [4.78, 5) is 11.5. The Kier molecular flexibility index (Phi) is 7.34. The fourth-order valence-corrected chi connectivity index (χ4v) is 1.28. The third-order valence-corrected chi connectivity index (χ3v) is 2.68. The number of carbonyl (C=O) groups excluding carboxylic acids is 1. The zero-order valence-electron chi connectivity index (χ0n) is 11.0. The van der Waals surface area contributed by atoms with Crippen molar-refractivity contribution in [1.29, 1.82) is 0 Å². The molecule has 0 bridgehead atoms. The van der Waals surface area contributed by atoms with Crippen LogP contribution in [0.1, 0.15) is 33.6 Å². The first-order valence-electron chi connectivity index (χ1n) is 5.87. The molecule has 0 spiro atoms. The van der Waals surface area contributed by atoms with E-state index >= 15 is 0 Å². The van der Waals surface area contributed by atoms with Gasteiger partial charge in [-0.05, 0) is 24.3 Å². The van der Waals surface area contributed by atoms with Gasteiger partial charge in [-0.3, -0.25) is 4.79 Å². The fraction of sp³-hybridized carbons (Fsp3) is 0.917. The van der Waals surface area contributed by atoms with Gasteiger partial charge in [-0.1, -0.05) is 20.8 Å². The molecule has 16 heavy (non-hydrogen) atoms. The molecule has 0 aromatic carbocycles. The van der Waals surface area contributed by atoms with Gasteiger partial charge in [-0.25, -0.2) is 0 Å². The van der Waals surface area contributed by atoms with Crippen LogP contribution in [0.25, 0.3) is 0 Å². The largest absolute Gasteiger partial charge is 0.385 e. The molecular weight excluding hydrogens is 204 g/mol. The van der Waals surface area contributed by atoms with Crippen LogP contribution in [0, 0.1) is 11.3 Å². The lowest BCUT2D eigenvalue weighted by Gasteiger charge is -2.24. The zero-order valence-corrected chi connectivity index (χ0v) is 11.0. The summed E-state index contributed by atoms with van der Waals surface area (Å²) in [6.07, 6.45) is 1.45. The van der Waals surface area contributed by atoms with Gasteiger partial charge in [-0.2, -0.15) is 0 Å². The van der Waals surface area contributed by atoms with E-state index in [1.165, 1.54) is 0 Å². The molecule has 4 nitrogen and oxygen atoms in total. The van der Waals surface area contributed by atoms with Crippen LogP contribution in [0.15, 0.2) is 0 Å². The quantitative estimate of drug-likeness (QED) is 0.657. The topological polar surface area (TPSA) is 64.3 Å². The minimum absolute atomic E-state index is 0.0810. The molecule has 0 aliphatic carbocycles. The predicted octanol–water partition coefficient (Wildman–Crippen LogP) is 1.15. The number of nitrogens with two attached hydrogens (primary N) is 1.